The maximum absolute atomic E-state index is 13.0. The van der Waals surface area contributed by atoms with E-state index in [0.29, 0.717) is 29.3 Å². The third kappa shape index (κ3) is 3.56. The Morgan fingerprint density at radius 3 is 2.37 bits per heavy atom. The fraction of sp³-hybridized carbons (Fsp3) is 0.516. The van der Waals surface area contributed by atoms with Crippen LogP contribution < -0.4 is 17.6 Å². The first-order valence-electron chi connectivity index (χ1n) is 13.5. The molecule has 4 heteroatoms. The Labute approximate surface area is 218 Å². The molecule has 1 saturated carbocycles. The van der Waals surface area contributed by atoms with E-state index >= 15 is 0 Å². The molecule has 3 fully saturated rings. The predicted molar refractivity (Wildman–Crippen MR) is 142 cm³/mol. The summed E-state index contributed by atoms with van der Waals surface area (Å²) in [7, 11) is -1.76. The van der Waals surface area contributed by atoms with Crippen molar-refractivity contribution in [2.75, 3.05) is 6.54 Å². The van der Waals surface area contributed by atoms with Crippen LogP contribution in [0.15, 0.2) is 72.3 Å². The lowest BCUT2D eigenvalue weighted by Crippen LogP contribution is -3.00. The van der Waals surface area contributed by atoms with Gasteiger partial charge in [0, 0.05) is 35.7 Å². The molecule has 7 atom stereocenters. The third-order valence-corrected chi connectivity index (χ3v) is 15.4. The molecule has 2 heterocycles. The Bertz CT molecular complexity index is 1130. The largest absolute Gasteiger partial charge is 1.00 e. The van der Waals surface area contributed by atoms with Gasteiger partial charge in [0.1, 0.15) is 6.54 Å². The number of quaternary nitrogens is 1. The molecule has 2 bridgehead atoms. The lowest BCUT2D eigenvalue weighted by molar-refractivity contribution is -0.965. The van der Waals surface area contributed by atoms with E-state index in [9.17, 15) is 4.79 Å². The first-order chi connectivity index (χ1) is 16.3. The van der Waals surface area contributed by atoms with Crippen LogP contribution in [0.3, 0.4) is 0 Å². The van der Waals surface area contributed by atoms with E-state index in [4.69, 9.17) is 0 Å². The highest BCUT2D eigenvalue weighted by Gasteiger charge is 2.71. The van der Waals surface area contributed by atoms with Gasteiger partial charge in [-0.1, -0.05) is 84.5 Å². The molecule has 1 unspecified atom stereocenters. The topological polar surface area (TPSA) is 17.1 Å². The standard InChI is InChI=1S/C31H40NOSi.ClH/c1-22-28-19-30-31(2)24(21-32(22,30)20-23-11-7-5-8-12-23)15-16-26(33)17-25(31)18-29(28)34(3,4)27-13-9-6-10-14-27;/h5-14,17,22,24,28-30H,15-16,18-21H2,1-4H3;1H/q+1;/p-1/t22-,24+,28+,29-,30+,31-,32?;/m0./s1. The first kappa shape index (κ1) is 25.0. The molecule has 186 valence electrons. The van der Waals surface area contributed by atoms with E-state index in [1.165, 1.54) is 28.6 Å². The van der Waals surface area contributed by atoms with Crippen LogP contribution in [-0.2, 0) is 11.3 Å². The number of rotatable bonds is 4. The van der Waals surface area contributed by atoms with Crippen LogP contribution in [-0.4, -0.2) is 37.0 Å². The van der Waals surface area contributed by atoms with Crippen molar-refractivity contribution >= 4 is 19.0 Å². The monoisotopic (exact) mass is 505 g/mol. The molecule has 0 N–H and O–H groups in total. The van der Waals surface area contributed by atoms with Gasteiger partial charge in [-0.3, -0.25) is 4.79 Å². The maximum Gasteiger partial charge on any atom is 0.155 e. The average Bonchev–Trinajstić information content (AvgIpc) is 3.14. The second-order valence-corrected chi connectivity index (χ2v) is 17.4. The molecule has 2 saturated heterocycles. The van der Waals surface area contributed by atoms with Crippen molar-refractivity contribution < 1.29 is 21.7 Å². The first-order valence-corrected chi connectivity index (χ1v) is 16.5. The molecule has 2 aromatic rings. The summed E-state index contributed by atoms with van der Waals surface area (Å²) >= 11 is 0. The van der Waals surface area contributed by atoms with Crippen molar-refractivity contribution in [1.29, 1.82) is 0 Å². The average molecular weight is 506 g/mol. The minimum atomic E-state index is -1.76. The van der Waals surface area contributed by atoms with E-state index in [0.717, 1.165) is 31.7 Å². The van der Waals surface area contributed by atoms with Crippen molar-refractivity contribution in [2.24, 2.45) is 17.3 Å². The number of hydrogen-bond donors (Lipinski definition) is 0. The highest BCUT2D eigenvalue weighted by molar-refractivity contribution is 6.91. The maximum atomic E-state index is 13.0. The lowest BCUT2D eigenvalue weighted by atomic mass is 9.68. The van der Waals surface area contributed by atoms with Gasteiger partial charge < -0.3 is 16.9 Å². The molecule has 0 spiro atoms. The van der Waals surface area contributed by atoms with Crippen LogP contribution in [0.5, 0.6) is 0 Å². The van der Waals surface area contributed by atoms with Crippen LogP contribution in [0.4, 0.5) is 0 Å². The quantitative estimate of drug-likeness (QED) is 0.461. The van der Waals surface area contributed by atoms with Gasteiger partial charge in [0.2, 0.25) is 0 Å². The van der Waals surface area contributed by atoms with Gasteiger partial charge in [-0.2, -0.15) is 0 Å². The summed E-state index contributed by atoms with van der Waals surface area (Å²) in [5, 5.41) is 1.58. The van der Waals surface area contributed by atoms with Crippen molar-refractivity contribution in [1.82, 2.24) is 0 Å². The van der Waals surface area contributed by atoms with Crippen molar-refractivity contribution in [3.05, 3.63) is 77.9 Å². The van der Waals surface area contributed by atoms with E-state index in [1.54, 1.807) is 5.19 Å². The molecule has 2 aromatic carbocycles. The van der Waals surface area contributed by atoms with Gasteiger partial charge in [0.25, 0.3) is 0 Å². The summed E-state index contributed by atoms with van der Waals surface area (Å²) < 4.78 is 1.25. The Balaban J connectivity index is 0.00000253. The lowest BCUT2D eigenvalue weighted by Gasteiger charge is -2.47. The van der Waals surface area contributed by atoms with Gasteiger partial charge in [0.05, 0.1) is 26.7 Å². The second-order valence-electron chi connectivity index (χ2n) is 12.6. The van der Waals surface area contributed by atoms with E-state index in [-0.39, 0.29) is 17.8 Å². The molecule has 2 aliphatic heterocycles. The van der Waals surface area contributed by atoms with Crippen LogP contribution >= 0.6 is 0 Å². The second kappa shape index (κ2) is 8.71. The van der Waals surface area contributed by atoms with Crippen LogP contribution in [0.25, 0.3) is 0 Å². The van der Waals surface area contributed by atoms with Crippen molar-refractivity contribution in [3.63, 3.8) is 0 Å². The fourth-order valence-corrected chi connectivity index (χ4v) is 12.9. The van der Waals surface area contributed by atoms with Crippen LogP contribution in [0.2, 0.25) is 18.6 Å². The molecule has 2 nitrogen and oxygen atoms in total. The number of carbonyl (C=O) groups is 1. The summed E-state index contributed by atoms with van der Waals surface area (Å²) in [6.07, 6.45) is 6.44. The van der Waals surface area contributed by atoms with E-state index in [1.807, 2.05) is 0 Å². The molecule has 0 aromatic heterocycles. The van der Waals surface area contributed by atoms with Gasteiger partial charge in [0.15, 0.2) is 5.78 Å². The number of ketones is 1. The van der Waals surface area contributed by atoms with Crippen molar-refractivity contribution in [2.45, 2.75) is 76.8 Å². The molecular weight excluding hydrogens is 466 g/mol. The Kier molecular flexibility index (Phi) is 6.22. The fourth-order valence-electron chi connectivity index (χ4n) is 9.16. The highest BCUT2D eigenvalue weighted by atomic mass is 35.5. The molecule has 2 aliphatic carbocycles. The molecule has 35 heavy (non-hydrogen) atoms. The SMILES string of the molecule is C[C@H]1[C@H]2C[C@@H]3[C@]4(C)C(=CC(=O)CC[C@@H]4C[N+]31Cc1ccccc1)C[C@@H]2[Si](C)(C)c1ccccc1.[Cl-]. The minimum absolute atomic E-state index is 0. The number of carbonyl (C=O) groups excluding carboxylic acids is 1. The summed E-state index contributed by atoms with van der Waals surface area (Å²) in [5.74, 6) is 1.74. The number of allylic oxidation sites excluding steroid dienone is 1. The van der Waals surface area contributed by atoms with Crippen molar-refractivity contribution in [3.8, 4) is 0 Å². The summed E-state index contributed by atoms with van der Waals surface area (Å²) in [5.41, 5.74) is 3.85. The number of fused-ring (bicyclic) bond motifs is 1. The van der Waals surface area contributed by atoms with Crippen LogP contribution in [0.1, 0.15) is 45.1 Å². The number of benzene rings is 2. The molecule has 4 aliphatic rings. The van der Waals surface area contributed by atoms with Crippen LogP contribution in [0, 0.1) is 17.3 Å². The molecule has 6 rings (SSSR count). The van der Waals surface area contributed by atoms with Gasteiger partial charge in [-0.05, 0) is 38.3 Å². The number of hydrogen-bond acceptors (Lipinski definition) is 1. The van der Waals surface area contributed by atoms with E-state index < -0.39 is 8.07 Å². The summed E-state index contributed by atoms with van der Waals surface area (Å²) in [4.78, 5) is 13.0. The minimum Gasteiger partial charge on any atom is -1.00 e. The predicted octanol–water partition coefficient (Wildman–Crippen LogP) is 3.10. The van der Waals surface area contributed by atoms with Gasteiger partial charge >= 0.3 is 0 Å². The summed E-state index contributed by atoms with van der Waals surface area (Å²) in [6, 6.07) is 23.9. The number of nitrogens with zero attached hydrogens (tertiary/aromatic N) is 1. The summed E-state index contributed by atoms with van der Waals surface area (Å²) in [6.45, 7) is 12.8. The highest BCUT2D eigenvalue weighted by Crippen LogP contribution is 2.67. The van der Waals surface area contributed by atoms with Gasteiger partial charge in [-0.15, -0.1) is 0 Å². The molecule has 0 amide bonds. The normalized spacial score (nSPS) is 37.8. The van der Waals surface area contributed by atoms with Gasteiger partial charge in [-0.25, -0.2) is 0 Å². The smallest absolute Gasteiger partial charge is 0.155 e. The third-order valence-electron chi connectivity index (χ3n) is 11.1. The number of halogens is 1. The molecule has 0 radical (unpaired) electrons. The Morgan fingerprint density at radius 1 is 1.03 bits per heavy atom. The zero-order valence-electron chi connectivity index (χ0n) is 21.7. The van der Waals surface area contributed by atoms with E-state index in [2.05, 4.69) is 93.7 Å². The zero-order valence-corrected chi connectivity index (χ0v) is 23.5. The Morgan fingerprint density at radius 2 is 1.69 bits per heavy atom. The Hall–Kier alpha value is -1.68. The zero-order chi connectivity index (χ0) is 23.7. The molecular formula is C31H40ClNOSi.